The average Bonchev–Trinajstić information content (AvgIpc) is 2.46. The van der Waals surface area contributed by atoms with E-state index in [0.717, 1.165) is 27.2 Å². The number of benzene rings is 2. The zero-order chi connectivity index (χ0) is 13.9. The molecule has 0 fully saturated rings. The fourth-order valence-corrected chi connectivity index (χ4v) is 2.57. The number of nitrogens with one attached hydrogen (secondary N) is 1. The molecule has 0 bridgehead atoms. The van der Waals surface area contributed by atoms with Crippen LogP contribution in [0.3, 0.4) is 0 Å². The molecule has 100 valence electrons. The van der Waals surface area contributed by atoms with E-state index in [1.807, 2.05) is 31.3 Å². The van der Waals surface area contributed by atoms with Crippen molar-refractivity contribution >= 4 is 28.2 Å². The van der Waals surface area contributed by atoms with E-state index >= 15 is 0 Å². The predicted octanol–water partition coefficient (Wildman–Crippen LogP) is 4.81. The van der Waals surface area contributed by atoms with Crippen molar-refractivity contribution in [1.29, 1.82) is 0 Å². The van der Waals surface area contributed by atoms with E-state index in [4.69, 9.17) is 11.6 Å². The molecule has 0 saturated heterocycles. The molecule has 0 aliphatic heterocycles. The quantitative estimate of drug-likeness (QED) is 0.746. The zero-order valence-corrected chi connectivity index (χ0v) is 12.0. The van der Waals surface area contributed by atoms with Gasteiger partial charge in [-0.2, -0.15) is 0 Å². The Kier molecular flexibility index (Phi) is 3.57. The molecule has 0 atom stereocenters. The second-order valence-corrected chi connectivity index (χ2v) is 5.24. The lowest BCUT2D eigenvalue weighted by Gasteiger charge is -2.10. The van der Waals surface area contributed by atoms with Gasteiger partial charge in [-0.3, -0.25) is 4.98 Å². The van der Waals surface area contributed by atoms with Gasteiger partial charge < -0.3 is 5.32 Å². The molecule has 1 aromatic heterocycles. The molecule has 2 aromatic carbocycles. The van der Waals surface area contributed by atoms with Crippen LogP contribution in [0.25, 0.3) is 10.9 Å². The normalized spacial score (nSPS) is 10.7. The van der Waals surface area contributed by atoms with Gasteiger partial charge in [0.25, 0.3) is 0 Å². The SMILES string of the molecule is Cc1ccc(NCc2cccc3cccnc23)c(Cl)c1. The lowest BCUT2D eigenvalue weighted by molar-refractivity contribution is 1.15. The van der Waals surface area contributed by atoms with Gasteiger partial charge in [0.2, 0.25) is 0 Å². The largest absolute Gasteiger partial charge is 0.380 e. The molecule has 3 rings (SSSR count). The summed E-state index contributed by atoms with van der Waals surface area (Å²) in [6.45, 7) is 2.74. The number of hydrogen-bond acceptors (Lipinski definition) is 2. The third-order valence-electron chi connectivity index (χ3n) is 3.31. The minimum atomic E-state index is 0.705. The number of halogens is 1. The van der Waals surface area contributed by atoms with Gasteiger partial charge in [-0.25, -0.2) is 0 Å². The highest BCUT2D eigenvalue weighted by Gasteiger charge is 2.03. The van der Waals surface area contributed by atoms with Crippen LogP contribution < -0.4 is 5.32 Å². The Hall–Kier alpha value is -2.06. The zero-order valence-electron chi connectivity index (χ0n) is 11.2. The van der Waals surface area contributed by atoms with Gasteiger partial charge >= 0.3 is 0 Å². The summed E-state index contributed by atoms with van der Waals surface area (Å²) < 4.78 is 0. The van der Waals surface area contributed by atoms with Crippen LogP contribution in [0.2, 0.25) is 5.02 Å². The van der Waals surface area contributed by atoms with Gasteiger partial charge in [0.15, 0.2) is 0 Å². The lowest BCUT2D eigenvalue weighted by atomic mass is 10.1. The van der Waals surface area contributed by atoms with Crippen LogP contribution in [0.4, 0.5) is 5.69 Å². The van der Waals surface area contributed by atoms with Crippen LogP contribution in [0.15, 0.2) is 54.7 Å². The van der Waals surface area contributed by atoms with Gasteiger partial charge in [0.1, 0.15) is 0 Å². The van der Waals surface area contributed by atoms with Crippen molar-refractivity contribution < 1.29 is 0 Å². The second kappa shape index (κ2) is 5.51. The Morgan fingerprint density at radius 3 is 2.80 bits per heavy atom. The first-order valence-electron chi connectivity index (χ1n) is 6.57. The Morgan fingerprint density at radius 1 is 1.10 bits per heavy atom. The van der Waals surface area contributed by atoms with E-state index in [2.05, 4.69) is 40.6 Å². The first-order chi connectivity index (χ1) is 9.74. The Bertz CT molecular complexity index is 748. The molecule has 0 spiro atoms. The molecule has 0 saturated carbocycles. The van der Waals surface area contributed by atoms with Crippen molar-refractivity contribution in [2.75, 3.05) is 5.32 Å². The van der Waals surface area contributed by atoms with E-state index < -0.39 is 0 Å². The van der Waals surface area contributed by atoms with Crippen LogP contribution in [0, 0.1) is 6.92 Å². The standard InChI is InChI=1S/C17H15ClN2/c1-12-7-8-16(15(18)10-12)20-11-14-5-2-4-13-6-3-9-19-17(13)14/h2-10,20H,11H2,1H3. The van der Waals surface area contributed by atoms with Crippen molar-refractivity contribution in [2.45, 2.75) is 13.5 Å². The summed E-state index contributed by atoms with van der Waals surface area (Å²) in [4.78, 5) is 4.46. The highest BCUT2D eigenvalue weighted by Crippen LogP contribution is 2.24. The maximum atomic E-state index is 6.24. The number of pyridine rings is 1. The van der Waals surface area contributed by atoms with Crippen LogP contribution in [0.1, 0.15) is 11.1 Å². The summed E-state index contributed by atoms with van der Waals surface area (Å²) in [6.07, 6.45) is 1.82. The summed E-state index contributed by atoms with van der Waals surface area (Å²) in [5.41, 5.74) is 4.31. The van der Waals surface area contributed by atoms with E-state index in [0.29, 0.717) is 6.54 Å². The summed E-state index contributed by atoms with van der Waals surface area (Å²) in [7, 11) is 0. The molecule has 2 nitrogen and oxygen atoms in total. The number of anilines is 1. The van der Waals surface area contributed by atoms with E-state index in [1.54, 1.807) is 0 Å². The number of fused-ring (bicyclic) bond motifs is 1. The van der Waals surface area contributed by atoms with Crippen LogP contribution in [0.5, 0.6) is 0 Å². The van der Waals surface area contributed by atoms with Crippen molar-refractivity contribution in [1.82, 2.24) is 4.98 Å². The molecule has 3 aromatic rings. The maximum absolute atomic E-state index is 6.24. The number of aryl methyl sites for hydroxylation is 1. The number of rotatable bonds is 3. The lowest BCUT2D eigenvalue weighted by Crippen LogP contribution is -2.01. The highest BCUT2D eigenvalue weighted by molar-refractivity contribution is 6.33. The minimum absolute atomic E-state index is 0.705. The molecule has 0 unspecified atom stereocenters. The summed E-state index contributed by atoms with van der Waals surface area (Å²) in [6, 6.07) is 16.3. The van der Waals surface area contributed by atoms with Crippen molar-refractivity contribution in [3.63, 3.8) is 0 Å². The Morgan fingerprint density at radius 2 is 1.95 bits per heavy atom. The Balaban J connectivity index is 1.87. The molecule has 0 aliphatic rings. The topological polar surface area (TPSA) is 24.9 Å². The highest BCUT2D eigenvalue weighted by atomic mass is 35.5. The molecule has 1 heterocycles. The fraction of sp³-hybridized carbons (Fsp3) is 0.118. The third-order valence-corrected chi connectivity index (χ3v) is 3.62. The minimum Gasteiger partial charge on any atom is -0.380 e. The first kappa shape index (κ1) is 12.9. The predicted molar refractivity (Wildman–Crippen MR) is 85.3 cm³/mol. The van der Waals surface area contributed by atoms with Gasteiger partial charge in [-0.05, 0) is 36.2 Å². The summed E-state index contributed by atoms with van der Waals surface area (Å²) in [5, 5.41) is 5.28. The third kappa shape index (κ3) is 2.61. The average molecular weight is 283 g/mol. The number of para-hydroxylation sites is 1. The van der Waals surface area contributed by atoms with Crippen molar-refractivity contribution in [2.24, 2.45) is 0 Å². The molecule has 0 aliphatic carbocycles. The smallest absolute Gasteiger partial charge is 0.0751 e. The fourth-order valence-electron chi connectivity index (χ4n) is 2.26. The summed E-state index contributed by atoms with van der Waals surface area (Å²) >= 11 is 6.24. The van der Waals surface area contributed by atoms with E-state index in [1.165, 1.54) is 5.56 Å². The summed E-state index contributed by atoms with van der Waals surface area (Å²) in [5.74, 6) is 0. The monoisotopic (exact) mass is 282 g/mol. The van der Waals surface area contributed by atoms with Crippen LogP contribution >= 0.6 is 11.6 Å². The maximum Gasteiger partial charge on any atom is 0.0751 e. The van der Waals surface area contributed by atoms with Gasteiger partial charge in [0.05, 0.1) is 16.2 Å². The van der Waals surface area contributed by atoms with Gasteiger partial charge in [0, 0.05) is 18.1 Å². The Labute approximate surface area is 123 Å². The molecule has 0 radical (unpaired) electrons. The van der Waals surface area contributed by atoms with Gasteiger partial charge in [-0.15, -0.1) is 0 Å². The molecule has 0 amide bonds. The van der Waals surface area contributed by atoms with E-state index in [9.17, 15) is 0 Å². The van der Waals surface area contributed by atoms with Crippen molar-refractivity contribution in [3.05, 3.63) is 70.9 Å². The second-order valence-electron chi connectivity index (χ2n) is 4.83. The number of hydrogen-bond donors (Lipinski definition) is 1. The molecular formula is C17H15ClN2. The number of nitrogens with zero attached hydrogens (tertiary/aromatic N) is 1. The van der Waals surface area contributed by atoms with E-state index in [-0.39, 0.29) is 0 Å². The van der Waals surface area contributed by atoms with Gasteiger partial charge in [-0.1, -0.05) is 41.9 Å². The number of aromatic nitrogens is 1. The molecule has 1 N–H and O–H groups in total. The molecule has 3 heteroatoms. The molecular weight excluding hydrogens is 268 g/mol. The van der Waals surface area contributed by atoms with Crippen LogP contribution in [-0.2, 0) is 6.54 Å². The first-order valence-corrected chi connectivity index (χ1v) is 6.94. The molecule has 20 heavy (non-hydrogen) atoms. The van der Waals surface area contributed by atoms with Crippen molar-refractivity contribution in [3.8, 4) is 0 Å². The van der Waals surface area contributed by atoms with Crippen LogP contribution in [-0.4, -0.2) is 4.98 Å².